The topological polar surface area (TPSA) is 29.5 Å². The third kappa shape index (κ3) is 4.81. The van der Waals surface area contributed by atoms with Gasteiger partial charge in [0.05, 0.1) is 12.9 Å². The van der Waals surface area contributed by atoms with Gasteiger partial charge in [-0.05, 0) is 36.8 Å². The molecule has 1 amide bonds. The highest BCUT2D eigenvalue weighted by Crippen LogP contribution is 2.21. The first-order chi connectivity index (χ1) is 10.6. The van der Waals surface area contributed by atoms with Gasteiger partial charge in [0.25, 0.3) is 0 Å². The summed E-state index contributed by atoms with van der Waals surface area (Å²) in [5, 5.41) is 0. The molecule has 0 fully saturated rings. The molecule has 0 unspecified atom stereocenters. The Balaban J connectivity index is 1.84. The number of aryl methyl sites for hydroxylation is 1. The van der Waals surface area contributed by atoms with Crippen LogP contribution in [0.4, 0.5) is 0 Å². The predicted molar refractivity (Wildman–Crippen MR) is 91.4 cm³/mol. The third-order valence-electron chi connectivity index (χ3n) is 3.39. The van der Waals surface area contributed by atoms with Crippen molar-refractivity contribution in [2.75, 3.05) is 19.9 Å². The van der Waals surface area contributed by atoms with Crippen LogP contribution in [0.3, 0.4) is 0 Å². The number of amides is 1. The highest BCUT2D eigenvalue weighted by atomic mass is 32.2. The summed E-state index contributed by atoms with van der Waals surface area (Å²) in [4.78, 5) is 15.0. The summed E-state index contributed by atoms with van der Waals surface area (Å²) in [6, 6.07) is 16.0. The van der Waals surface area contributed by atoms with Gasteiger partial charge in [-0.3, -0.25) is 4.79 Å². The van der Waals surface area contributed by atoms with Gasteiger partial charge in [-0.15, -0.1) is 11.8 Å². The van der Waals surface area contributed by atoms with Crippen LogP contribution in [0.2, 0.25) is 0 Å². The molecule has 0 atom stereocenters. The standard InChI is InChI=1S/C18H21NO2S/c1-14-4-6-15(7-5-14)12-19(2)18(20)13-22-17-10-8-16(21-3)9-11-17/h4-11H,12-13H2,1-3H3. The summed E-state index contributed by atoms with van der Waals surface area (Å²) in [6.07, 6.45) is 0. The number of carbonyl (C=O) groups excluding carboxylic acids is 1. The van der Waals surface area contributed by atoms with Crippen molar-refractivity contribution < 1.29 is 9.53 Å². The zero-order valence-electron chi connectivity index (χ0n) is 13.2. The van der Waals surface area contributed by atoms with E-state index in [-0.39, 0.29) is 5.91 Å². The highest BCUT2D eigenvalue weighted by molar-refractivity contribution is 8.00. The van der Waals surface area contributed by atoms with E-state index in [1.807, 2.05) is 31.3 Å². The van der Waals surface area contributed by atoms with Gasteiger partial charge in [0.1, 0.15) is 5.75 Å². The lowest BCUT2D eigenvalue weighted by Crippen LogP contribution is -2.27. The smallest absolute Gasteiger partial charge is 0.232 e. The van der Waals surface area contributed by atoms with E-state index < -0.39 is 0 Å². The van der Waals surface area contributed by atoms with Crippen molar-refractivity contribution in [3.05, 3.63) is 59.7 Å². The molecule has 0 bridgehead atoms. The van der Waals surface area contributed by atoms with E-state index in [2.05, 4.69) is 31.2 Å². The lowest BCUT2D eigenvalue weighted by Gasteiger charge is -2.17. The number of methoxy groups -OCH3 is 1. The molecule has 0 saturated carbocycles. The largest absolute Gasteiger partial charge is 0.497 e. The molecule has 2 aromatic carbocycles. The van der Waals surface area contributed by atoms with E-state index in [0.717, 1.165) is 16.2 Å². The highest BCUT2D eigenvalue weighted by Gasteiger charge is 2.10. The van der Waals surface area contributed by atoms with Crippen molar-refractivity contribution in [2.24, 2.45) is 0 Å². The van der Waals surface area contributed by atoms with Crippen LogP contribution >= 0.6 is 11.8 Å². The SMILES string of the molecule is COc1ccc(SCC(=O)N(C)Cc2ccc(C)cc2)cc1. The Morgan fingerprint density at radius 3 is 2.32 bits per heavy atom. The lowest BCUT2D eigenvalue weighted by atomic mass is 10.1. The second-order valence-electron chi connectivity index (χ2n) is 5.20. The molecule has 3 nitrogen and oxygen atoms in total. The Morgan fingerprint density at radius 2 is 1.73 bits per heavy atom. The Morgan fingerprint density at radius 1 is 1.09 bits per heavy atom. The Bertz CT molecular complexity index is 608. The fraction of sp³-hybridized carbons (Fsp3) is 0.278. The number of ether oxygens (including phenoxy) is 1. The van der Waals surface area contributed by atoms with Crippen molar-refractivity contribution in [3.63, 3.8) is 0 Å². The zero-order valence-corrected chi connectivity index (χ0v) is 14.0. The van der Waals surface area contributed by atoms with Crippen LogP contribution in [0.25, 0.3) is 0 Å². The van der Waals surface area contributed by atoms with Gasteiger partial charge in [-0.1, -0.05) is 29.8 Å². The summed E-state index contributed by atoms with van der Waals surface area (Å²) < 4.78 is 5.12. The number of carbonyl (C=O) groups is 1. The maximum Gasteiger partial charge on any atom is 0.232 e. The molecule has 0 heterocycles. The first-order valence-corrected chi connectivity index (χ1v) is 8.13. The van der Waals surface area contributed by atoms with E-state index in [0.29, 0.717) is 12.3 Å². The minimum absolute atomic E-state index is 0.126. The van der Waals surface area contributed by atoms with Gasteiger partial charge in [-0.2, -0.15) is 0 Å². The Kier molecular flexibility index (Phi) is 5.90. The maximum atomic E-state index is 12.2. The van der Waals surface area contributed by atoms with Crippen LogP contribution in [-0.4, -0.2) is 30.7 Å². The zero-order chi connectivity index (χ0) is 15.9. The molecule has 0 N–H and O–H groups in total. The summed E-state index contributed by atoms with van der Waals surface area (Å²) in [5.41, 5.74) is 2.38. The molecule has 0 aromatic heterocycles. The fourth-order valence-electron chi connectivity index (χ4n) is 1.98. The van der Waals surface area contributed by atoms with Crippen molar-refractivity contribution >= 4 is 17.7 Å². The quantitative estimate of drug-likeness (QED) is 0.760. The number of nitrogens with zero attached hydrogens (tertiary/aromatic N) is 1. The van der Waals surface area contributed by atoms with Gasteiger partial charge in [0, 0.05) is 18.5 Å². The van der Waals surface area contributed by atoms with Crippen molar-refractivity contribution in [1.82, 2.24) is 4.90 Å². The molecular weight excluding hydrogens is 294 g/mol. The second kappa shape index (κ2) is 7.90. The summed E-state index contributed by atoms with van der Waals surface area (Å²) in [5.74, 6) is 1.39. The van der Waals surface area contributed by atoms with Gasteiger partial charge in [-0.25, -0.2) is 0 Å². The first kappa shape index (κ1) is 16.4. The molecule has 0 spiro atoms. The molecule has 0 aliphatic heterocycles. The van der Waals surface area contributed by atoms with Crippen LogP contribution in [-0.2, 0) is 11.3 Å². The Hall–Kier alpha value is -1.94. The number of hydrogen-bond acceptors (Lipinski definition) is 3. The average molecular weight is 315 g/mol. The molecule has 22 heavy (non-hydrogen) atoms. The van der Waals surface area contributed by atoms with Crippen molar-refractivity contribution in [1.29, 1.82) is 0 Å². The molecule has 0 aliphatic carbocycles. The molecular formula is C18H21NO2S. The molecule has 0 aliphatic rings. The second-order valence-corrected chi connectivity index (χ2v) is 6.25. The normalized spacial score (nSPS) is 10.3. The van der Waals surface area contributed by atoms with Crippen LogP contribution in [0.5, 0.6) is 5.75 Å². The van der Waals surface area contributed by atoms with E-state index >= 15 is 0 Å². The van der Waals surface area contributed by atoms with Crippen molar-refractivity contribution in [3.8, 4) is 5.75 Å². The number of hydrogen-bond donors (Lipinski definition) is 0. The average Bonchev–Trinajstić information content (AvgIpc) is 2.55. The first-order valence-electron chi connectivity index (χ1n) is 7.15. The van der Waals surface area contributed by atoms with Crippen LogP contribution in [0.1, 0.15) is 11.1 Å². The van der Waals surface area contributed by atoms with E-state index in [4.69, 9.17) is 4.74 Å². The van der Waals surface area contributed by atoms with Crippen LogP contribution < -0.4 is 4.74 Å². The molecule has 0 saturated heterocycles. The van der Waals surface area contributed by atoms with E-state index in [1.54, 1.807) is 23.8 Å². The molecule has 0 radical (unpaired) electrons. The predicted octanol–water partition coefficient (Wildman–Crippen LogP) is 3.75. The van der Waals surface area contributed by atoms with Crippen LogP contribution in [0.15, 0.2) is 53.4 Å². The van der Waals surface area contributed by atoms with Gasteiger partial charge in [0.2, 0.25) is 5.91 Å². The summed E-state index contributed by atoms with van der Waals surface area (Å²) in [7, 11) is 3.49. The third-order valence-corrected chi connectivity index (χ3v) is 4.38. The van der Waals surface area contributed by atoms with Gasteiger partial charge < -0.3 is 9.64 Å². The lowest BCUT2D eigenvalue weighted by molar-refractivity contribution is -0.127. The monoisotopic (exact) mass is 315 g/mol. The Labute approximate surface area is 136 Å². The molecule has 116 valence electrons. The van der Waals surface area contributed by atoms with E-state index in [9.17, 15) is 4.79 Å². The number of benzene rings is 2. The van der Waals surface area contributed by atoms with E-state index in [1.165, 1.54) is 5.56 Å². The minimum Gasteiger partial charge on any atom is -0.497 e. The maximum absolute atomic E-state index is 12.2. The van der Waals surface area contributed by atoms with Crippen molar-refractivity contribution in [2.45, 2.75) is 18.4 Å². The molecule has 2 aromatic rings. The summed E-state index contributed by atoms with van der Waals surface area (Å²) >= 11 is 1.54. The van der Waals surface area contributed by atoms with Crippen LogP contribution in [0, 0.1) is 6.92 Å². The summed E-state index contributed by atoms with van der Waals surface area (Å²) in [6.45, 7) is 2.70. The number of thioether (sulfide) groups is 1. The minimum atomic E-state index is 0.126. The van der Waals surface area contributed by atoms with Gasteiger partial charge in [0.15, 0.2) is 0 Å². The molecule has 4 heteroatoms. The van der Waals surface area contributed by atoms with Gasteiger partial charge >= 0.3 is 0 Å². The fourth-order valence-corrected chi connectivity index (χ4v) is 2.82. The molecule has 2 rings (SSSR count). The number of rotatable bonds is 6.